The molecule has 4 aliphatic carbocycles. The lowest BCUT2D eigenvalue weighted by Crippen LogP contribution is -2.53. The van der Waals surface area contributed by atoms with Gasteiger partial charge in [-0.15, -0.1) is 0 Å². The van der Waals surface area contributed by atoms with E-state index in [4.69, 9.17) is 19.2 Å². The number of aliphatic hydroxyl groups is 1. The first-order valence-electron chi connectivity index (χ1n) is 24.3. The van der Waals surface area contributed by atoms with Gasteiger partial charge in [0.05, 0.1) is 23.2 Å². The number of carbonyl (C=O) groups is 6. The van der Waals surface area contributed by atoms with Crippen LogP contribution >= 0.6 is 0 Å². The third kappa shape index (κ3) is 8.36. The first-order chi connectivity index (χ1) is 34.6. The summed E-state index contributed by atoms with van der Waals surface area (Å²) in [6, 6.07) is 21.5. The number of carbonyl (C=O) groups excluding carboxylic acids is 6. The smallest absolute Gasteiger partial charge is 0.407 e. The summed E-state index contributed by atoms with van der Waals surface area (Å²) < 4.78 is 32.0. The number of alkyl carbamates (subject to hydrolysis) is 2. The molecular weight excluding hydrogens is 922 g/mol. The predicted octanol–water partition coefficient (Wildman–Crippen LogP) is 7.74. The molecule has 2 heterocycles. The summed E-state index contributed by atoms with van der Waals surface area (Å²) in [7, 11) is 0. The molecule has 72 heavy (non-hydrogen) atoms. The van der Waals surface area contributed by atoms with Gasteiger partial charge in [0.1, 0.15) is 37.7 Å². The van der Waals surface area contributed by atoms with Crippen molar-refractivity contribution in [1.29, 1.82) is 0 Å². The monoisotopic (exact) mass is 975 g/mol. The molecule has 0 fully saturated rings. The molecule has 0 radical (unpaired) electrons. The summed E-state index contributed by atoms with van der Waals surface area (Å²) in [5, 5.41) is 23.3. The van der Waals surface area contributed by atoms with Gasteiger partial charge in [-0.25, -0.2) is 23.8 Å². The van der Waals surface area contributed by atoms with Crippen molar-refractivity contribution >= 4 is 57.9 Å². The van der Waals surface area contributed by atoms with Gasteiger partial charge in [0, 0.05) is 34.2 Å². The van der Waals surface area contributed by atoms with Crippen molar-refractivity contribution < 1.29 is 52.5 Å². The average molecular weight is 976 g/mol. The molecule has 4 amide bonds. The lowest BCUT2D eigenvalue weighted by atomic mass is 9.75. The lowest BCUT2D eigenvalue weighted by molar-refractivity contribution is -0.163. The van der Waals surface area contributed by atoms with E-state index in [-0.39, 0.29) is 61.4 Å². The number of allylic oxidation sites excluding steroid dienone is 1. The fourth-order valence-corrected chi connectivity index (χ4v) is 11.0. The van der Waals surface area contributed by atoms with Crippen LogP contribution in [0.3, 0.4) is 0 Å². The Hall–Kier alpha value is -7.72. The Balaban J connectivity index is 0.755. The number of nitrogens with one attached hydrogen (secondary N) is 4. The highest BCUT2D eigenvalue weighted by Gasteiger charge is 2.51. The Labute approximate surface area is 414 Å². The van der Waals surface area contributed by atoms with E-state index in [1.807, 2.05) is 48.5 Å². The molecular formula is C56H54FN5O10. The van der Waals surface area contributed by atoms with Gasteiger partial charge in [-0.2, -0.15) is 0 Å². The minimum Gasteiger partial charge on any atom is -0.458 e. The summed E-state index contributed by atoms with van der Waals surface area (Å²) >= 11 is 0. The number of nitrogens with zero attached hydrogens (tertiary/aromatic N) is 1. The van der Waals surface area contributed by atoms with Gasteiger partial charge in [-0.1, -0.05) is 81.4 Å². The standard InChI is InChI=1S/C56H54FN5O10/c1-6-56(69)42-22-37-38(50(63)41(42)26-70-53(56)66)21-39-47-44(20-19-32-28(4)43(57)23-45(46(32)47)60-49(37)39)61-54(67)71-24-30-15-17-31(18-16-30)59-51(64)29(5)58-52(65)48(27(2)3)62-55(68)72-25-40-35-13-9-7-11-33(35)34-12-8-10-14-36(34)40/h7-18,22-23,27,29,38,40,44,48,69H,6,19-21,24-26H2,1-5H3,(H,58,65)(H,59,64)(H,61,67)(H,62,68)/t29-,38?,44-,48-,56-/m0/s1. The zero-order chi connectivity index (χ0) is 50.7. The number of aryl methyl sites for hydroxylation is 1. The first kappa shape index (κ1) is 47.9. The van der Waals surface area contributed by atoms with E-state index in [1.165, 1.54) is 13.0 Å². The molecule has 5 aromatic rings. The number of ketones is 1. The summed E-state index contributed by atoms with van der Waals surface area (Å²) in [6.07, 6.45) is 1.34. The number of cyclic esters (lactones) is 1. The van der Waals surface area contributed by atoms with Crippen LogP contribution in [0.15, 0.2) is 96.1 Å². The maximum atomic E-state index is 15.4. The number of benzene rings is 4. The van der Waals surface area contributed by atoms with Crippen molar-refractivity contribution in [3.05, 3.63) is 147 Å². The van der Waals surface area contributed by atoms with Gasteiger partial charge in [0.2, 0.25) is 11.8 Å². The molecule has 0 spiro atoms. The van der Waals surface area contributed by atoms with Crippen LogP contribution in [0.5, 0.6) is 0 Å². The highest BCUT2D eigenvalue weighted by atomic mass is 19.1. The molecule has 1 aliphatic heterocycles. The van der Waals surface area contributed by atoms with E-state index in [1.54, 1.807) is 58.0 Å². The lowest BCUT2D eigenvalue weighted by Gasteiger charge is -2.35. The van der Waals surface area contributed by atoms with Gasteiger partial charge >= 0.3 is 18.2 Å². The zero-order valence-corrected chi connectivity index (χ0v) is 40.4. The van der Waals surface area contributed by atoms with Crippen molar-refractivity contribution in [2.45, 2.75) is 96.6 Å². The molecule has 1 aromatic heterocycles. The van der Waals surface area contributed by atoms with Crippen molar-refractivity contribution in [3.63, 3.8) is 0 Å². The number of esters is 1. The molecule has 4 aromatic carbocycles. The first-order valence-corrected chi connectivity index (χ1v) is 24.3. The van der Waals surface area contributed by atoms with Crippen molar-refractivity contribution in [2.24, 2.45) is 11.8 Å². The maximum Gasteiger partial charge on any atom is 0.407 e. The second-order valence-electron chi connectivity index (χ2n) is 19.5. The molecule has 0 bridgehead atoms. The topological polar surface area (TPSA) is 211 Å². The van der Waals surface area contributed by atoms with Crippen LogP contribution in [0.4, 0.5) is 19.7 Å². The quantitative estimate of drug-likeness (QED) is 0.0603. The van der Waals surface area contributed by atoms with Crippen LogP contribution in [0.25, 0.3) is 27.6 Å². The molecule has 0 saturated carbocycles. The Morgan fingerprint density at radius 1 is 0.903 bits per heavy atom. The van der Waals surface area contributed by atoms with E-state index in [0.717, 1.165) is 38.9 Å². The number of hydrogen-bond donors (Lipinski definition) is 5. The second kappa shape index (κ2) is 18.8. The number of pyridine rings is 1. The van der Waals surface area contributed by atoms with Gasteiger partial charge in [-0.05, 0) is 119 Å². The van der Waals surface area contributed by atoms with Gasteiger partial charge in [0.15, 0.2) is 11.4 Å². The molecule has 15 nitrogen and oxygen atoms in total. The Bertz CT molecular complexity index is 3160. The number of Topliss-reactive ketones (excluding diaryl/α,β-unsaturated/α-hetero) is 1. The normalized spacial score (nSPS) is 20.2. The summed E-state index contributed by atoms with van der Waals surface area (Å²) in [5.74, 6) is -3.71. The largest absolute Gasteiger partial charge is 0.458 e. The number of hydrogen-bond acceptors (Lipinski definition) is 11. The summed E-state index contributed by atoms with van der Waals surface area (Å²) in [6.45, 7) is 8.17. The number of rotatable bonds is 12. The molecule has 370 valence electrons. The SMILES string of the molecule is CC[C@@]1(O)C(=O)OCC2=C1C=C1c3nc4cc(F)c(C)c5c4c(c3CC1C2=O)[C@@H](NC(=O)OCc1ccc(NC(=O)[C@H](C)NC(=O)[C@@H](NC(=O)OCC2c3ccccc3-c3ccccc32)C(C)C)cc1)CC5. The Morgan fingerprint density at radius 3 is 2.28 bits per heavy atom. The predicted molar refractivity (Wildman–Crippen MR) is 264 cm³/mol. The molecule has 5 N–H and O–H groups in total. The third-order valence-electron chi connectivity index (χ3n) is 14.9. The van der Waals surface area contributed by atoms with Crippen LogP contribution in [0, 0.1) is 24.6 Å². The summed E-state index contributed by atoms with van der Waals surface area (Å²) in [4.78, 5) is 85.1. The van der Waals surface area contributed by atoms with E-state index in [9.17, 15) is 33.9 Å². The second-order valence-corrected chi connectivity index (χ2v) is 19.5. The minimum absolute atomic E-state index is 0.00644. The van der Waals surface area contributed by atoms with E-state index in [0.29, 0.717) is 51.8 Å². The molecule has 1 unspecified atom stereocenters. The van der Waals surface area contributed by atoms with Gasteiger partial charge < -0.3 is 40.6 Å². The minimum atomic E-state index is -2.00. The van der Waals surface area contributed by atoms with Crippen molar-refractivity contribution in [1.82, 2.24) is 20.9 Å². The van der Waals surface area contributed by atoms with Crippen LogP contribution in [0.2, 0.25) is 0 Å². The fraction of sp³-hybridized carbons (Fsp3) is 0.339. The van der Waals surface area contributed by atoms with Crippen molar-refractivity contribution in [2.75, 3.05) is 18.5 Å². The van der Waals surface area contributed by atoms with Crippen LogP contribution in [0.1, 0.15) is 97.1 Å². The maximum absolute atomic E-state index is 15.4. The van der Waals surface area contributed by atoms with E-state index in [2.05, 4.69) is 21.3 Å². The number of anilines is 1. The number of fused-ring (bicyclic) bond motifs is 7. The summed E-state index contributed by atoms with van der Waals surface area (Å²) in [5.41, 5.74) is 7.90. The van der Waals surface area contributed by atoms with E-state index < -0.39 is 65.4 Å². The van der Waals surface area contributed by atoms with Gasteiger partial charge in [-0.3, -0.25) is 14.4 Å². The average Bonchev–Trinajstić information content (AvgIpc) is 3.90. The number of ether oxygens (including phenoxy) is 3. The fourth-order valence-electron chi connectivity index (χ4n) is 11.0. The number of amides is 4. The highest BCUT2D eigenvalue weighted by molar-refractivity contribution is 6.12. The highest BCUT2D eigenvalue weighted by Crippen LogP contribution is 2.51. The molecule has 16 heteroatoms. The Kier molecular flexibility index (Phi) is 12.5. The van der Waals surface area contributed by atoms with Gasteiger partial charge in [0.25, 0.3) is 0 Å². The number of halogens is 1. The molecule has 5 aliphatic rings. The van der Waals surface area contributed by atoms with Crippen LogP contribution < -0.4 is 21.3 Å². The molecule has 0 saturated heterocycles. The Morgan fingerprint density at radius 2 is 1.60 bits per heavy atom. The molecule has 10 rings (SSSR count). The third-order valence-corrected chi connectivity index (χ3v) is 14.9. The van der Waals surface area contributed by atoms with Crippen molar-refractivity contribution in [3.8, 4) is 11.1 Å². The van der Waals surface area contributed by atoms with Crippen LogP contribution in [-0.2, 0) is 52.8 Å². The molecule has 5 atom stereocenters. The van der Waals surface area contributed by atoms with E-state index >= 15 is 4.39 Å². The zero-order valence-electron chi connectivity index (χ0n) is 40.4. The van der Waals surface area contributed by atoms with Crippen LogP contribution in [-0.4, -0.2) is 76.7 Å². The number of aromatic nitrogens is 1.